The summed E-state index contributed by atoms with van der Waals surface area (Å²) in [6.45, 7) is 6.99. The van der Waals surface area contributed by atoms with Gasteiger partial charge in [0.25, 0.3) is 0 Å². The minimum absolute atomic E-state index is 0.177. The third-order valence-corrected chi connectivity index (χ3v) is 6.72. The highest BCUT2D eigenvalue weighted by atomic mass is 32.2. The predicted octanol–water partition coefficient (Wildman–Crippen LogP) is 1.78. The molecule has 0 bridgehead atoms. The quantitative estimate of drug-likeness (QED) is 0.869. The molecule has 1 aliphatic rings. The Morgan fingerprint density at radius 3 is 2.85 bits per heavy atom. The SMILES string of the molecule is CCNCc1cc(CN(C)C2CCS(=O)(=O)C2)c(C)s1. The van der Waals surface area contributed by atoms with Crippen LogP contribution in [-0.4, -0.2) is 44.5 Å². The van der Waals surface area contributed by atoms with Crippen molar-refractivity contribution in [3.8, 4) is 0 Å². The highest BCUT2D eigenvalue weighted by Gasteiger charge is 2.30. The van der Waals surface area contributed by atoms with E-state index in [2.05, 4.69) is 30.1 Å². The summed E-state index contributed by atoms with van der Waals surface area (Å²) in [7, 11) is -0.764. The molecule has 1 atom stereocenters. The van der Waals surface area contributed by atoms with Crippen LogP contribution in [0.1, 0.15) is 28.7 Å². The van der Waals surface area contributed by atoms with Gasteiger partial charge in [-0.05, 0) is 38.6 Å². The van der Waals surface area contributed by atoms with Crippen molar-refractivity contribution in [3.63, 3.8) is 0 Å². The van der Waals surface area contributed by atoms with E-state index < -0.39 is 9.84 Å². The van der Waals surface area contributed by atoms with Crippen LogP contribution >= 0.6 is 11.3 Å². The van der Waals surface area contributed by atoms with Gasteiger partial charge in [-0.15, -0.1) is 11.3 Å². The number of hydrogen-bond acceptors (Lipinski definition) is 5. The summed E-state index contributed by atoms with van der Waals surface area (Å²) in [5.41, 5.74) is 1.33. The Balaban J connectivity index is 1.97. The maximum atomic E-state index is 11.6. The minimum atomic E-state index is -2.80. The molecule has 114 valence electrons. The van der Waals surface area contributed by atoms with Crippen molar-refractivity contribution in [3.05, 3.63) is 21.4 Å². The van der Waals surface area contributed by atoms with E-state index in [9.17, 15) is 8.42 Å². The van der Waals surface area contributed by atoms with Gasteiger partial charge < -0.3 is 5.32 Å². The molecule has 1 unspecified atom stereocenters. The number of sulfone groups is 1. The second-order valence-electron chi connectivity index (χ2n) is 5.55. The molecule has 0 amide bonds. The van der Waals surface area contributed by atoms with Gasteiger partial charge in [-0.1, -0.05) is 6.92 Å². The predicted molar refractivity (Wildman–Crippen MR) is 85.0 cm³/mol. The smallest absolute Gasteiger partial charge is 0.151 e. The lowest BCUT2D eigenvalue weighted by Crippen LogP contribution is -2.32. The summed E-state index contributed by atoms with van der Waals surface area (Å²) < 4.78 is 23.1. The lowest BCUT2D eigenvalue weighted by molar-refractivity contribution is 0.254. The Morgan fingerprint density at radius 1 is 1.50 bits per heavy atom. The third kappa shape index (κ3) is 4.04. The van der Waals surface area contributed by atoms with Crippen molar-refractivity contribution < 1.29 is 8.42 Å². The van der Waals surface area contributed by atoms with Crippen molar-refractivity contribution in [1.82, 2.24) is 10.2 Å². The van der Waals surface area contributed by atoms with E-state index >= 15 is 0 Å². The zero-order valence-corrected chi connectivity index (χ0v) is 14.1. The molecule has 0 aliphatic carbocycles. The van der Waals surface area contributed by atoms with Crippen LogP contribution in [0.4, 0.5) is 0 Å². The monoisotopic (exact) mass is 316 g/mol. The van der Waals surface area contributed by atoms with Crippen LogP contribution in [-0.2, 0) is 22.9 Å². The molecule has 1 fully saturated rings. The van der Waals surface area contributed by atoms with Crippen LogP contribution in [0.25, 0.3) is 0 Å². The van der Waals surface area contributed by atoms with Gasteiger partial charge in [0.1, 0.15) is 0 Å². The van der Waals surface area contributed by atoms with Crippen molar-refractivity contribution in [2.24, 2.45) is 0 Å². The molecule has 20 heavy (non-hydrogen) atoms. The van der Waals surface area contributed by atoms with E-state index in [1.54, 1.807) is 0 Å². The fourth-order valence-electron chi connectivity index (χ4n) is 2.60. The molecule has 1 aliphatic heterocycles. The van der Waals surface area contributed by atoms with Crippen LogP contribution in [0.5, 0.6) is 0 Å². The van der Waals surface area contributed by atoms with E-state index in [4.69, 9.17) is 0 Å². The summed E-state index contributed by atoms with van der Waals surface area (Å²) in [6, 6.07) is 2.43. The first kappa shape index (κ1) is 15.9. The number of aryl methyl sites for hydroxylation is 1. The van der Waals surface area contributed by atoms with Crippen molar-refractivity contribution in [1.29, 1.82) is 0 Å². The van der Waals surface area contributed by atoms with Gasteiger partial charge in [0.15, 0.2) is 9.84 Å². The molecular weight excluding hydrogens is 292 g/mol. The number of rotatable bonds is 6. The lowest BCUT2D eigenvalue weighted by Gasteiger charge is -2.22. The van der Waals surface area contributed by atoms with Crippen molar-refractivity contribution in [2.75, 3.05) is 25.1 Å². The Morgan fingerprint density at radius 2 is 2.25 bits per heavy atom. The van der Waals surface area contributed by atoms with Gasteiger partial charge in [-0.25, -0.2) is 8.42 Å². The third-order valence-electron chi connectivity index (χ3n) is 3.87. The Bertz CT molecular complexity index is 552. The Labute approximate surface area is 126 Å². The van der Waals surface area contributed by atoms with E-state index in [-0.39, 0.29) is 6.04 Å². The van der Waals surface area contributed by atoms with Gasteiger partial charge in [0, 0.05) is 28.9 Å². The summed E-state index contributed by atoms with van der Waals surface area (Å²) in [5, 5.41) is 3.34. The van der Waals surface area contributed by atoms with Gasteiger partial charge >= 0.3 is 0 Å². The Kier molecular flexibility index (Phi) is 5.23. The average molecular weight is 316 g/mol. The molecule has 0 aromatic carbocycles. The number of nitrogens with zero attached hydrogens (tertiary/aromatic N) is 1. The molecular formula is C14H24N2O2S2. The molecule has 0 radical (unpaired) electrons. The zero-order chi connectivity index (χ0) is 14.8. The van der Waals surface area contributed by atoms with E-state index in [1.165, 1.54) is 15.3 Å². The number of nitrogens with one attached hydrogen (secondary N) is 1. The molecule has 6 heteroatoms. The zero-order valence-electron chi connectivity index (χ0n) is 12.5. The highest BCUT2D eigenvalue weighted by Crippen LogP contribution is 2.25. The number of thiophene rings is 1. The molecule has 1 aromatic heterocycles. The van der Waals surface area contributed by atoms with Gasteiger partial charge in [-0.3, -0.25) is 4.90 Å². The molecule has 0 saturated carbocycles. The maximum Gasteiger partial charge on any atom is 0.151 e. The largest absolute Gasteiger partial charge is 0.312 e. The van der Waals surface area contributed by atoms with E-state index in [0.29, 0.717) is 11.5 Å². The van der Waals surface area contributed by atoms with Crippen molar-refractivity contribution in [2.45, 2.75) is 39.4 Å². The van der Waals surface area contributed by atoms with Crippen LogP contribution < -0.4 is 5.32 Å². The van der Waals surface area contributed by atoms with Crippen LogP contribution in [0.2, 0.25) is 0 Å². The number of hydrogen-bond donors (Lipinski definition) is 1. The van der Waals surface area contributed by atoms with Gasteiger partial charge in [0.2, 0.25) is 0 Å². The van der Waals surface area contributed by atoms with Crippen molar-refractivity contribution >= 4 is 21.2 Å². The fourth-order valence-corrected chi connectivity index (χ4v) is 5.43. The molecule has 2 heterocycles. The van der Waals surface area contributed by atoms with Crippen LogP contribution in [0, 0.1) is 6.92 Å². The average Bonchev–Trinajstić information content (AvgIpc) is 2.90. The van der Waals surface area contributed by atoms with Crippen LogP contribution in [0.3, 0.4) is 0 Å². The Hall–Kier alpha value is -0.430. The maximum absolute atomic E-state index is 11.6. The summed E-state index contributed by atoms with van der Waals surface area (Å²) in [6.07, 6.45) is 0.770. The first-order valence-electron chi connectivity index (χ1n) is 7.11. The molecule has 1 saturated heterocycles. The standard InChI is InChI=1S/C14H24N2O2S2/c1-4-15-8-14-7-12(11(2)19-14)9-16(3)13-5-6-20(17,18)10-13/h7,13,15H,4-6,8-10H2,1-3H3. The second kappa shape index (κ2) is 6.56. The summed E-state index contributed by atoms with van der Waals surface area (Å²) in [4.78, 5) is 4.88. The fraction of sp³-hybridized carbons (Fsp3) is 0.714. The normalized spacial score (nSPS) is 21.7. The molecule has 1 N–H and O–H groups in total. The summed E-state index contributed by atoms with van der Waals surface area (Å²) >= 11 is 1.83. The second-order valence-corrected chi connectivity index (χ2v) is 9.12. The molecule has 1 aromatic rings. The molecule has 0 spiro atoms. The highest BCUT2D eigenvalue weighted by molar-refractivity contribution is 7.91. The van der Waals surface area contributed by atoms with Crippen LogP contribution in [0.15, 0.2) is 6.07 Å². The van der Waals surface area contributed by atoms with E-state index in [1.807, 2.05) is 18.4 Å². The topological polar surface area (TPSA) is 49.4 Å². The summed E-state index contributed by atoms with van der Waals surface area (Å²) in [5.74, 6) is 0.660. The lowest BCUT2D eigenvalue weighted by atomic mass is 10.2. The van der Waals surface area contributed by atoms with E-state index in [0.717, 1.165) is 26.1 Å². The first-order chi connectivity index (χ1) is 9.41. The molecule has 2 rings (SSSR count). The molecule has 4 nitrogen and oxygen atoms in total. The minimum Gasteiger partial charge on any atom is -0.312 e. The van der Waals surface area contributed by atoms with Gasteiger partial charge in [-0.2, -0.15) is 0 Å². The first-order valence-corrected chi connectivity index (χ1v) is 9.74. The van der Waals surface area contributed by atoms with Gasteiger partial charge in [0.05, 0.1) is 11.5 Å².